The standard InChI is InChI=1S/C15H24N4O/c1-10(2)19-6-7-20-13(9-19)15-17-12(11-4-5-11)8-14(16-3)18-15/h8,10-11,13H,4-7,9H2,1-3H3,(H,16,17,18). The van der Waals surface area contributed by atoms with Gasteiger partial charge in [-0.05, 0) is 26.7 Å². The van der Waals surface area contributed by atoms with Gasteiger partial charge < -0.3 is 10.1 Å². The van der Waals surface area contributed by atoms with Crippen LogP contribution in [0.4, 0.5) is 5.82 Å². The molecule has 1 unspecified atom stereocenters. The molecule has 5 heteroatoms. The molecule has 1 saturated carbocycles. The van der Waals surface area contributed by atoms with Crippen LogP contribution in [-0.4, -0.2) is 47.7 Å². The van der Waals surface area contributed by atoms with Gasteiger partial charge in [-0.1, -0.05) is 0 Å². The third-order valence-electron chi connectivity index (χ3n) is 4.13. The van der Waals surface area contributed by atoms with Crippen molar-refractivity contribution in [1.29, 1.82) is 0 Å². The fourth-order valence-electron chi connectivity index (χ4n) is 2.64. The number of rotatable bonds is 4. The number of nitrogens with one attached hydrogen (secondary N) is 1. The van der Waals surface area contributed by atoms with Gasteiger partial charge in [-0.25, -0.2) is 9.97 Å². The Balaban J connectivity index is 1.82. The molecule has 0 radical (unpaired) electrons. The van der Waals surface area contributed by atoms with E-state index in [1.54, 1.807) is 0 Å². The minimum atomic E-state index is -0.00282. The molecule has 110 valence electrons. The van der Waals surface area contributed by atoms with E-state index < -0.39 is 0 Å². The second-order valence-electron chi connectivity index (χ2n) is 6.01. The average molecular weight is 276 g/mol. The Labute approximate surface area is 120 Å². The molecular weight excluding hydrogens is 252 g/mol. The Morgan fingerprint density at radius 3 is 2.80 bits per heavy atom. The fourth-order valence-corrected chi connectivity index (χ4v) is 2.64. The predicted octanol–water partition coefficient (Wildman–Crippen LogP) is 2.18. The topological polar surface area (TPSA) is 50.3 Å². The van der Waals surface area contributed by atoms with E-state index in [9.17, 15) is 0 Å². The maximum absolute atomic E-state index is 5.90. The summed E-state index contributed by atoms with van der Waals surface area (Å²) in [6, 6.07) is 2.61. The van der Waals surface area contributed by atoms with Crippen LogP contribution in [-0.2, 0) is 4.74 Å². The number of anilines is 1. The summed E-state index contributed by atoms with van der Waals surface area (Å²) in [6.07, 6.45) is 2.50. The van der Waals surface area contributed by atoms with Crippen molar-refractivity contribution in [3.8, 4) is 0 Å². The van der Waals surface area contributed by atoms with Crippen LogP contribution in [0.1, 0.15) is 50.2 Å². The molecule has 2 fully saturated rings. The van der Waals surface area contributed by atoms with Gasteiger partial charge >= 0.3 is 0 Å². The molecule has 0 spiro atoms. The molecule has 0 amide bonds. The molecule has 2 aliphatic rings. The number of morpholine rings is 1. The van der Waals surface area contributed by atoms with Crippen molar-refractivity contribution in [3.63, 3.8) is 0 Å². The van der Waals surface area contributed by atoms with Gasteiger partial charge in [-0.3, -0.25) is 4.90 Å². The SMILES string of the molecule is CNc1cc(C2CC2)nc(C2CN(C(C)C)CCO2)n1. The summed E-state index contributed by atoms with van der Waals surface area (Å²) in [6.45, 7) is 7.09. The lowest BCUT2D eigenvalue weighted by Crippen LogP contribution is -2.42. The molecule has 1 aromatic rings. The first-order valence-corrected chi connectivity index (χ1v) is 7.59. The van der Waals surface area contributed by atoms with Crippen LogP contribution >= 0.6 is 0 Å². The van der Waals surface area contributed by atoms with Crippen LogP contribution in [0.2, 0.25) is 0 Å². The Morgan fingerprint density at radius 1 is 1.35 bits per heavy atom. The minimum Gasteiger partial charge on any atom is -0.373 e. The minimum absolute atomic E-state index is 0.00282. The zero-order valence-electron chi connectivity index (χ0n) is 12.6. The van der Waals surface area contributed by atoms with Gasteiger partial charge in [0.25, 0.3) is 0 Å². The van der Waals surface area contributed by atoms with Crippen molar-refractivity contribution in [2.24, 2.45) is 0 Å². The van der Waals surface area contributed by atoms with E-state index in [1.807, 2.05) is 7.05 Å². The fraction of sp³-hybridized carbons (Fsp3) is 0.733. The molecule has 3 rings (SSSR count). The lowest BCUT2D eigenvalue weighted by atomic mass is 10.2. The summed E-state index contributed by atoms with van der Waals surface area (Å²) >= 11 is 0. The number of aromatic nitrogens is 2. The maximum atomic E-state index is 5.90. The highest BCUT2D eigenvalue weighted by Gasteiger charge is 2.30. The van der Waals surface area contributed by atoms with E-state index in [0.29, 0.717) is 12.0 Å². The van der Waals surface area contributed by atoms with Gasteiger partial charge in [0.15, 0.2) is 5.82 Å². The molecule has 20 heavy (non-hydrogen) atoms. The van der Waals surface area contributed by atoms with Gasteiger partial charge in [-0.2, -0.15) is 0 Å². The third kappa shape index (κ3) is 2.94. The second-order valence-corrected chi connectivity index (χ2v) is 6.01. The molecule has 1 atom stereocenters. The van der Waals surface area contributed by atoms with E-state index in [-0.39, 0.29) is 6.10 Å². The Morgan fingerprint density at radius 2 is 2.15 bits per heavy atom. The van der Waals surface area contributed by atoms with Crippen LogP contribution < -0.4 is 5.32 Å². The highest BCUT2D eigenvalue weighted by molar-refractivity contribution is 5.37. The summed E-state index contributed by atoms with van der Waals surface area (Å²) in [7, 11) is 1.91. The highest BCUT2D eigenvalue weighted by atomic mass is 16.5. The van der Waals surface area contributed by atoms with E-state index >= 15 is 0 Å². The number of ether oxygens (including phenoxy) is 1. The molecule has 1 saturated heterocycles. The zero-order valence-corrected chi connectivity index (χ0v) is 12.6. The van der Waals surface area contributed by atoms with E-state index in [4.69, 9.17) is 9.72 Å². The van der Waals surface area contributed by atoms with Gasteiger partial charge in [0.05, 0.1) is 6.61 Å². The monoisotopic (exact) mass is 276 g/mol. The Kier molecular flexibility index (Phi) is 3.89. The normalized spacial score (nSPS) is 24.1. The van der Waals surface area contributed by atoms with Gasteiger partial charge in [0.1, 0.15) is 11.9 Å². The lowest BCUT2D eigenvalue weighted by molar-refractivity contribution is -0.0443. The smallest absolute Gasteiger partial charge is 0.161 e. The van der Waals surface area contributed by atoms with Crippen molar-refractivity contribution in [2.45, 2.75) is 44.8 Å². The van der Waals surface area contributed by atoms with Crippen molar-refractivity contribution in [2.75, 3.05) is 32.1 Å². The summed E-state index contributed by atoms with van der Waals surface area (Å²) in [5, 5.41) is 3.14. The highest BCUT2D eigenvalue weighted by Crippen LogP contribution is 2.40. The third-order valence-corrected chi connectivity index (χ3v) is 4.13. The first-order valence-electron chi connectivity index (χ1n) is 7.59. The summed E-state index contributed by atoms with van der Waals surface area (Å²) in [5.41, 5.74) is 1.17. The summed E-state index contributed by atoms with van der Waals surface area (Å²) in [5.74, 6) is 2.37. The van der Waals surface area contributed by atoms with Crippen LogP contribution in [0.25, 0.3) is 0 Å². The molecule has 0 bridgehead atoms. The molecule has 0 aromatic carbocycles. The molecule has 1 aliphatic carbocycles. The van der Waals surface area contributed by atoms with E-state index in [1.165, 1.54) is 18.5 Å². The van der Waals surface area contributed by atoms with Gasteiger partial charge in [0.2, 0.25) is 0 Å². The Hall–Kier alpha value is -1.20. The largest absolute Gasteiger partial charge is 0.373 e. The number of hydrogen-bond acceptors (Lipinski definition) is 5. The van der Waals surface area contributed by atoms with Crippen molar-refractivity contribution in [3.05, 3.63) is 17.6 Å². The number of hydrogen-bond donors (Lipinski definition) is 1. The number of nitrogens with zero attached hydrogens (tertiary/aromatic N) is 3. The van der Waals surface area contributed by atoms with Crippen molar-refractivity contribution >= 4 is 5.82 Å². The van der Waals surface area contributed by atoms with Crippen LogP contribution in [0, 0.1) is 0 Å². The molecule has 5 nitrogen and oxygen atoms in total. The zero-order chi connectivity index (χ0) is 14.1. The Bertz CT molecular complexity index is 473. The first kappa shape index (κ1) is 13.8. The van der Waals surface area contributed by atoms with Crippen LogP contribution in [0.5, 0.6) is 0 Å². The van der Waals surface area contributed by atoms with E-state index in [2.05, 4.69) is 35.1 Å². The van der Waals surface area contributed by atoms with Crippen LogP contribution in [0.15, 0.2) is 6.07 Å². The van der Waals surface area contributed by atoms with E-state index in [0.717, 1.165) is 31.3 Å². The quantitative estimate of drug-likeness (QED) is 0.913. The second kappa shape index (κ2) is 5.66. The van der Waals surface area contributed by atoms with Gasteiger partial charge in [-0.15, -0.1) is 0 Å². The molecule has 1 aliphatic heterocycles. The van der Waals surface area contributed by atoms with Crippen molar-refractivity contribution in [1.82, 2.24) is 14.9 Å². The average Bonchev–Trinajstić information content (AvgIpc) is 3.31. The summed E-state index contributed by atoms with van der Waals surface area (Å²) in [4.78, 5) is 11.8. The molecule has 1 aromatic heterocycles. The van der Waals surface area contributed by atoms with Gasteiger partial charge in [0, 0.05) is 43.9 Å². The lowest BCUT2D eigenvalue weighted by Gasteiger charge is -2.34. The predicted molar refractivity (Wildman–Crippen MR) is 79.0 cm³/mol. The summed E-state index contributed by atoms with van der Waals surface area (Å²) < 4.78 is 5.90. The molecule has 2 heterocycles. The maximum Gasteiger partial charge on any atom is 0.161 e. The molecule has 1 N–H and O–H groups in total. The van der Waals surface area contributed by atoms with Crippen molar-refractivity contribution < 1.29 is 4.74 Å². The first-order chi connectivity index (χ1) is 9.67. The van der Waals surface area contributed by atoms with Crippen LogP contribution in [0.3, 0.4) is 0 Å². The molecular formula is C15H24N4O.